The predicted molar refractivity (Wildman–Crippen MR) is 83.7 cm³/mol. The fourth-order valence-electron chi connectivity index (χ4n) is 2.06. The van der Waals surface area contributed by atoms with Gasteiger partial charge in [-0.3, -0.25) is 4.79 Å². The molecule has 1 saturated heterocycles. The molecular weight excluding hydrogens is 330 g/mol. The number of hydrogen-bond acceptors (Lipinski definition) is 4. The van der Waals surface area contributed by atoms with Crippen LogP contribution in [0, 0.1) is 0 Å². The van der Waals surface area contributed by atoms with E-state index in [2.05, 4.69) is 16.0 Å². The predicted octanol–water partition coefficient (Wildman–Crippen LogP) is 0.765. The van der Waals surface area contributed by atoms with Crippen LogP contribution >= 0.6 is 11.6 Å². The largest absolute Gasteiger partial charge is 0.351 e. The maximum Gasteiger partial charge on any atom is 0.319 e. The molecule has 0 saturated carbocycles. The lowest BCUT2D eigenvalue weighted by molar-refractivity contribution is -0.120. The van der Waals surface area contributed by atoms with E-state index in [4.69, 9.17) is 11.6 Å². The maximum atomic E-state index is 11.6. The zero-order chi connectivity index (χ0) is 16.2. The second-order valence-corrected chi connectivity index (χ2v) is 7.65. The molecule has 0 unspecified atom stereocenters. The highest BCUT2D eigenvalue weighted by Crippen LogP contribution is 2.13. The first-order chi connectivity index (χ1) is 10.3. The molecule has 3 N–H and O–H groups in total. The number of carbonyl (C=O) groups is 2. The Hall–Kier alpha value is -1.80. The molecule has 1 aliphatic heterocycles. The van der Waals surface area contributed by atoms with E-state index >= 15 is 0 Å². The summed E-state index contributed by atoms with van der Waals surface area (Å²) in [6.45, 7) is -0.226. The van der Waals surface area contributed by atoms with Gasteiger partial charge >= 0.3 is 6.03 Å². The Kier molecular flexibility index (Phi) is 5.25. The zero-order valence-electron chi connectivity index (χ0n) is 11.6. The van der Waals surface area contributed by atoms with E-state index in [1.807, 2.05) is 0 Å². The second-order valence-electron chi connectivity index (χ2n) is 4.98. The van der Waals surface area contributed by atoms with Crippen LogP contribution in [0.25, 0.3) is 0 Å². The minimum Gasteiger partial charge on any atom is -0.351 e. The van der Waals surface area contributed by atoms with Gasteiger partial charge in [-0.15, -0.1) is 0 Å². The van der Waals surface area contributed by atoms with Gasteiger partial charge in [0.25, 0.3) is 0 Å². The highest BCUT2D eigenvalue weighted by molar-refractivity contribution is 7.91. The van der Waals surface area contributed by atoms with Crippen molar-refractivity contribution < 1.29 is 18.0 Å². The molecule has 120 valence electrons. The van der Waals surface area contributed by atoms with Crippen molar-refractivity contribution in [2.75, 3.05) is 23.4 Å². The lowest BCUT2D eigenvalue weighted by atomic mass is 10.2. The van der Waals surface area contributed by atoms with Crippen LogP contribution in [0.15, 0.2) is 24.3 Å². The van der Waals surface area contributed by atoms with E-state index in [0.717, 1.165) is 0 Å². The van der Waals surface area contributed by atoms with Gasteiger partial charge in [0, 0.05) is 16.8 Å². The first kappa shape index (κ1) is 16.6. The number of benzene rings is 1. The van der Waals surface area contributed by atoms with Gasteiger partial charge in [0.15, 0.2) is 9.84 Å². The summed E-state index contributed by atoms with van der Waals surface area (Å²) in [5.74, 6) is -0.383. The fraction of sp³-hybridized carbons (Fsp3) is 0.385. The third kappa shape index (κ3) is 5.19. The van der Waals surface area contributed by atoms with E-state index in [1.165, 1.54) is 0 Å². The summed E-state index contributed by atoms with van der Waals surface area (Å²) in [4.78, 5) is 23.3. The van der Waals surface area contributed by atoms with Crippen LogP contribution < -0.4 is 16.0 Å². The smallest absolute Gasteiger partial charge is 0.319 e. The zero-order valence-corrected chi connectivity index (χ0v) is 13.2. The van der Waals surface area contributed by atoms with Gasteiger partial charge in [-0.1, -0.05) is 11.6 Å². The lowest BCUT2D eigenvalue weighted by Gasteiger charge is -2.12. The van der Waals surface area contributed by atoms with Crippen LogP contribution in [0.4, 0.5) is 10.5 Å². The van der Waals surface area contributed by atoms with E-state index in [0.29, 0.717) is 17.1 Å². The van der Waals surface area contributed by atoms with Crippen LogP contribution in [0.3, 0.4) is 0 Å². The Morgan fingerprint density at radius 2 is 1.91 bits per heavy atom. The Morgan fingerprint density at radius 1 is 1.23 bits per heavy atom. The molecule has 1 fully saturated rings. The average molecular weight is 346 g/mol. The number of anilines is 1. The average Bonchev–Trinajstić information content (AvgIpc) is 2.78. The molecule has 3 amide bonds. The molecule has 1 heterocycles. The number of sulfone groups is 1. The molecule has 1 aromatic carbocycles. The molecule has 0 aromatic heterocycles. The van der Waals surface area contributed by atoms with Gasteiger partial charge in [0.1, 0.15) is 0 Å². The van der Waals surface area contributed by atoms with Crippen LogP contribution in [-0.2, 0) is 14.6 Å². The molecule has 1 atom stereocenters. The number of halogens is 1. The number of rotatable bonds is 4. The fourth-order valence-corrected chi connectivity index (χ4v) is 3.86. The summed E-state index contributed by atoms with van der Waals surface area (Å²) < 4.78 is 22.6. The van der Waals surface area contributed by atoms with Gasteiger partial charge in [0.2, 0.25) is 5.91 Å². The van der Waals surface area contributed by atoms with Gasteiger partial charge in [-0.2, -0.15) is 0 Å². The minimum atomic E-state index is -3.04. The molecule has 0 radical (unpaired) electrons. The van der Waals surface area contributed by atoms with E-state index < -0.39 is 21.8 Å². The van der Waals surface area contributed by atoms with Crippen LogP contribution in [0.2, 0.25) is 5.02 Å². The minimum absolute atomic E-state index is 0.0459. The number of carbonyl (C=O) groups excluding carboxylic acids is 2. The lowest BCUT2D eigenvalue weighted by Crippen LogP contribution is -2.43. The molecule has 0 spiro atoms. The van der Waals surface area contributed by atoms with Crippen molar-refractivity contribution >= 4 is 39.1 Å². The van der Waals surface area contributed by atoms with Crippen molar-refractivity contribution in [1.29, 1.82) is 0 Å². The van der Waals surface area contributed by atoms with Crippen molar-refractivity contribution in [3.05, 3.63) is 29.3 Å². The Balaban J connectivity index is 1.72. The summed E-state index contributed by atoms with van der Waals surface area (Å²) in [6, 6.07) is 5.61. The SMILES string of the molecule is O=C(CNC(=O)Nc1ccc(Cl)cc1)N[C@@H]1CCS(=O)(=O)C1. The summed E-state index contributed by atoms with van der Waals surface area (Å²) in [7, 11) is -3.04. The number of nitrogens with one attached hydrogen (secondary N) is 3. The standard InChI is InChI=1S/C13H16ClN3O4S/c14-9-1-3-10(4-2-9)17-13(19)15-7-12(18)16-11-5-6-22(20,21)8-11/h1-4,11H,5-8H2,(H,16,18)(H2,15,17,19)/t11-/m1/s1. The maximum absolute atomic E-state index is 11.6. The molecule has 0 bridgehead atoms. The quantitative estimate of drug-likeness (QED) is 0.749. The van der Waals surface area contributed by atoms with Gasteiger partial charge in [0.05, 0.1) is 18.1 Å². The molecule has 2 rings (SSSR count). The molecular formula is C13H16ClN3O4S. The highest BCUT2D eigenvalue weighted by atomic mass is 35.5. The molecule has 9 heteroatoms. The molecule has 1 aromatic rings. The highest BCUT2D eigenvalue weighted by Gasteiger charge is 2.28. The van der Waals surface area contributed by atoms with Crippen LogP contribution in [0.1, 0.15) is 6.42 Å². The van der Waals surface area contributed by atoms with Crippen LogP contribution in [0.5, 0.6) is 0 Å². The van der Waals surface area contributed by atoms with Gasteiger partial charge in [-0.05, 0) is 30.7 Å². The second kappa shape index (κ2) is 6.97. The van der Waals surface area contributed by atoms with Crippen molar-refractivity contribution in [3.8, 4) is 0 Å². The van der Waals surface area contributed by atoms with Crippen molar-refractivity contribution in [2.45, 2.75) is 12.5 Å². The van der Waals surface area contributed by atoms with Crippen molar-refractivity contribution in [1.82, 2.24) is 10.6 Å². The molecule has 7 nitrogen and oxygen atoms in total. The molecule has 22 heavy (non-hydrogen) atoms. The number of urea groups is 1. The summed E-state index contributed by atoms with van der Waals surface area (Å²) in [5, 5.41) is 8.08. The first-order valence-corrected chi connectivity index (χ1v) is 8.84. The van der Waals surface area contributed by atoms with Crippen molar-refractivity contribution in [3.63, 3.8) is 0 Å². The number of hydrogen-bond donors (Lipinski definition) is 3. The topological polar surface area (TPSA) is 104 Å². The third-order valence-electron chi connectivity index (χ3n) is 3.11. The summed E-state index contributed by atoms with van der Waals surface area (Å²) in [5.41, 5.74) is 0.546. The van der Waals surface area contributed by atoms with Gasteiger partial charge in [-0.25, -0.2) is 13.2 Å². The molecule has 1 aliphatic rings. The Bertz CT molecular complexity index is 660. The van der Waals surface area contributed by atoms with Crippen molar-refractivity contribution in [2.24, 2.45) is 0 Å². The summed E-state index contributed by atoms with van der Waals surface area (Å²) in [6.07, 6.45) is 0.408. The molecule has 0 aliphatic carbocycles. The monoisotopic (exact) mass is 345 g/mol. The van der Waals surface area contributed by atoms with E-state index in [9.17, 15) is 18.0 Å². The van der Waals surface area contributed by atoms with E-state index in [-0.39, 0.29) is 24.1 Å². The Labute approximate surface area is 133 Å². The van der Waals surface area contributed by atoms with Crippen LogP contribution in [-0.4, -0.2) is 44.4 Å². The normalized spacial score (nSPS) is 19.4. The van der Waals surface area contributed by atoms with Gasteiger partial charge < -0.3 is 16.0 Å². The van der Waals surface area contributed by atoms with E-state index in [1.54, 1.807) is 24.3 Å². The Morgan fingerprint density at radius 3 is 2.50 bits per heavy atom. The number of amides is 3. The third-order valence-corrected chi connectivity index (χ3v) is 5.13. The first-order valence-electron chi connectivity index (χ1n) is 6.64. The summed E-state index contributed by atoms with van der Waals surface area (Å²) >= 11 is 5.73.